The molecule has 4 atom stereocenters. The van der Waals surface area contributed by atoms with Crippen LogP contribution in [0.25, 0.3) is 0 Å². The minimum Gasteiger partial charge on any atom is -0.469 e. The Bertz CT molecular complexity index is 443. The first-order valence-corrected chi connectivity index (χ1v) is 7.07. The molecule has 1 heterocycles. The van der Waals surface area contributed by atoms with Crippen molar-refractivity contribution in [2.75, 3.05) is 7.11 Å². The molecule has 3 rings (SSSR count). The molecule has 102 valence electrons. The van der Waals surface area contributed by atoms with Crippen molar-refractivity contribution in [2.24, 2.45) is 11.8 Å². The van der Waals surface area contributed by atoms with Gasteiger partial charge in [-0.3, -0.25) is 4.79 Å². The third kappa shape index (κ3) is 2.66. The van der Waals surface area contributed by atoms with E-state index in [9.17, 15) is 4.79 Å². The van der Waals surface area contributed by atoms with Crippen molar-refractivity contribution in [3.63, 3.8) is 0 Å². The molecular formula is C16H20O3. The van der Waals surface area contributed by atoms with Gasteiger partial charge in [-0.25, -0.2) is 0 Å². The molecule has 19 heavy (non-hydrogen) atoms. The number of esters is 1. The molecule has 2 aliphatic rings. The molecule has 3 heteroatoms. The van der Waals surface area contributed by atoms with Crippen molar-refractivity contribution < 1.29 is 14.3 Å². The van der Waals surface area contributed by atoms with E-state index in [1.54, 1.807) is 0 Å². The predicted molar refractivity (Wildman–Crippen MR) is 71.7 cm³/mol. The van der Waals surface area contributed by atoms with Gasteiger partial charge in [-0.2, -0.15) is 0 Å². The highest BCUT2D eigenvalue weighted by Crippen LogP contribution is 2.44. The summed E-state index contributed by atoms with van der Waals surface area (Å²) >= 11 is 0. The molecule has 1 saturated heterocycles. The van der Waals surface area contributed by atoms with E-state index >= 15 is 0 Å². The molecule has 0 radical (unpaired) electrons. The molecule has 3 nitrogen and oxygen atoms in total. The summed E-state index contributed by atoms with van der Waals surface area (Å²) in [5, 5.41) is 0. The minimum atomic E-state index is -0.0588. The Morgan fingerprint density at radius 3 is 2.84 bits per heavy atom. The standard InChI is InChI=1S/C16H20O3/c1-18-16(17)13-9-5-8-12(13)15-14(19-15)10-11-6-3-2-4-7-11/h2-4,6-7,12-15H,5,8-10H2,1H3. The summed E-state index contributed by atoms with van der Waals surface area (Å²) in [6.45, 7) is 0. The lowest BCUT2D eigenvalue weighted by Crippen LogP contribution is -2.25. The van der Waals surface area contributed by atoms with Crippen LogP contribution >= 0.6 is 0 Å². The number of benzene rings is 1. The number of rotatable bonds is 4. The zero-order chi connectivity index (χ0) is 13.2. The fraction of sp³-hybridized carbons (Fsp3) is 0.562. The van der Waals surface area contributed by atoms with Crippen LogP contribution < -0.4 is 0 Å². The minimum absolute atomic E-state index is 0.0516. The van der Waals surface area contributed by atoms with Crippen molar-refractivity contribution in [3.8, 4) is 0 Å². The van der Waals surface area contributed by atoms with Crippen LogP contribution in [0.15, 0.2) is 30.3 Å². The largest absolute Gasteiger partial charge is 0.469 e. The van der Waals surface area contributed by atoms with Crippen LogP contribution in [0.1, 0.15) is 24.8 Å². The van der Waals surface area contributed by atoms with Gasteiger partial charge in [0.1, 0.15) is 0 Å². The van der Waals surface area contributed by atoms with Crippen molar-refractivity contribution in [1.82, 2.24) is 0 Å². The van der Waals surface area contributed by atoms with Gasteiger partial charge in [-0.05, 0) is 18.4 Å². The van der Waals surface area contributed by atoms with Gasteiger partial charge in [0.05, 0.1) is 25.2 Å². The van der Waals surface area contributed by atoms with Crippen LogP contribution in [-0.4, -0.2) is 25.3 Å². The van der Waals surface area contributed by atoms with Gasteiger partial charge in [-0.1, -0.05) is 36.8 Å². The van der Waals surface area contributed by atoms with E-state index < -0.39 is 0 Å². The number of carbonyl (C=O) groups is 1. The van der Waals surface area contributed by atoms with Gasteiger partial charge in [0.15, 0.2) is 0 Å². The summed E-state index contributed by atoms with van der Waals surface area (Å²) in [7, 11) is 1.48. The first kappa shape index (κ1) is 12.7. The molecule has 0 N–H and O–H groups in total. The summed E-state index contributed by atoms with van der Waals surface area (Å²) in [5.41, 5.74) is 1.31. The molecule has 1 aromatic rings. The Balaban J connectivity index is 1.58. The summed E-state index contributed by atoms with van der Waals surface area (Å²) < 4.78 is 10.7. The zero-order valence-electron chi connectivity index (χ0n) is 11.2. The summed E-state index contributed by atoms with van der Waals surface area (Å²) in [4.78, 5) is 11.7. The fourth-order valence-electron chi connectivity index (χ4n) is 3.37. The molecule has 1 aliphatic carbocycles. The second-order valence-corrected chi connectivity index (χ2v) is 5.55. The number of carbonyl (C=O) groups excluding carboxylic acids is 1. The maximum atomic E-state index is 11.7. The molecule has 0 aromatic heterocycles. The molecule has 1 aromatic carbocycles. The van der Waals surface area contributed by atoms with Gasteiger partial charge in [0.2, 0.25) is 0 Å². The quantitative estimate of drug-likeness (QED) is 0.617. The lowest BCUT2D eigenvalue weighted by atomic mass is 9.90. The average molecular weight is 260 g/mol. The lowest BCUT2D eigenvalue weighted by molar-refractivity contribution is -0.146. The molecule has 0 spiro atoms. The van der Waals surface area contributed by atoms with Crippen LogP contribution in [0.2, 0.25) is 0 Å². The van der Waals surface area contributed by atoms with Crippen LogP contribution in [0, 0.1) is 11.8 Å². The van der Waals surface area contributed by atoms with Crippen molar-refractivity contribution in [3.05, 3.63) is 35.9 Å². The topological polar surface area (TPSA) is 38.8 Å². The van der Waals surface area contributed by atoms with E-state index in [2.05, 4.69) is 24.3 Å². The Labute approximate surface area is 113 Å². The second-order valence-electron chi connectivity index (χ2n) is 5.55. The Morgan fingerprint density at radius 1 is 1.32 bits per heavy atom. The van der Waals surface area contributed by atoms with Gasteiger partial charge in [0, 0.05) is 12.3 Å². The highest BCUT2D eigenvalue weighted by molar-refractivity contribution is 5.73. The van der Waals surface area contributed by atoms with E-state index in [4.69, 9.17) is 9.47 Å². The third-order valence-electron chi connectivity index (χ3n) is 4.40. The molecule has 0 amide bonds. The van der Waals surface area contributed by atoms with Crippen LogP contribution in [-0.2, 0) is 20.7 Å². The number of hydrogen-bond acceptors (Lipinski definition) is 3. The van der Waals surface area contributed by atoms with Gasteiger partial charge >= 0.3 is 5.97 Å². The smallest absolute Gasteiger partial charge is 0.309 e. The first-order valence-electron chi connectivity index (χ1n) is 7.07. The maximum absolute atomic E-state index is 11.7. The number of methoxy groups -OCH3 is 1. The Morgan fingerprint density at radius 2 is 2.11 bits per heavy atom. The van der Waals surface area contributed by atoms with Gasteiger partial charge < -0.3 is 9.47 Å². The third-order valence-corrected chi connectivity index (χ3v) is 4.40. The van der Waals surface area contributed by atoms with Gasteiger partial charge in [0.25, 0.3) is 0 Å². The number of hydrogen-bond donors (Lipinski definition) is 0. The van der Waals surface area contributed by atoms with Crippen LogP contribution in [0.5, 0.6) is 0 Å². The fourth-order valence-corrected chi connectivity index (χ4v) is 3.37. The predicted octanol–water partition coefficient (Wildman–Crippen LogP) is 2.59. The highest BCUT2D eigenvalue weighted by Gasteiger charge is 2.50. The Hall–Kier alpha value is -1.35. The van der Waals surface area contributed by atoms with Crippen molar-refractivity contribution >= 4 is 5.97 Å². The Kier molecular flexibility index (Phi) is 3.56. The van der Waals surface area contributed by atoms with E-state index in [-0.39, 0.29) is 24.1 Å². The molecule has 1 aliphatic heterocycles. The molecular weight excluding hydrogens is 240 g/mol. The van der Waals surface area contributed by atoms with E-state index in [1.165, 1.54) is 12.7 Å². The monoisotopic (exact) mass is 260 g/mol. The normalized spacial score (nSPS) is 33.1. The average Bonchev–Trinajstić information content (AvgIpc) is 3.03. The van der Waals surface area contributed by atoms with Crippen molar-refractivity contribution in [1.29, 1.82) is 0 Å². The maximum Gasteiger partial charge on any atom is 0.309 e. The highest BCUT2D eigenvalue weighted by atomic mass is 16.6. The first-order chi connectivity index (χ1) is 9.29. The summed E-state index contributed by atoms with van der Waals surface area (Å²) in [6, 6.07) is 10.4. The molecule has 1 saturated carbocycles. The van der Waals surface area contributed by atoms with E-state index in [0.717, 1.165) is 25.7 Å². The van der Waals surface area contributed by atoms with Gasteiger partial charge in [-0.15, -0.1) is 0 Å². The summed E-state index contributed by atoms with van der Waals surface area (Å²) in [5.74, 6) is 0.355. The number of ether oxygens (including phenoxy) is 2. The lowest BCUT2D eigenvalue weighted by Gasteiger charge is -2.15. The zero-order valence-corrected chi connectivity index (χ0v) is 11.2. The molecule has 0 bridgehead atoms. The van der Waals surface area contributed by atoms with Crippen LogP contribution in [0.3, 0.4) is 0 Å². The van der Waals surface area contributed by atoms with E-state index in [0.29, 0.717) is 5.92 Å². The van der Waals surface area contributed by atoms with Crippen LogP contribution in [0.4, 0.5) is 0 Å². The van der Waals surface area contributed by atoms with E-state index in [1.807, 2.05) is 6.07 Å². The molecule has 4 unspecified atom stereocenters. The number of epoxide rings is 1. The summed E-state index contributed by atoms with van der Waals surface area (Å²) in [6.07, 6.45) is 4.66. The second kappa shape index (κ2) is 5.33. The molecule has 2 fully saturated rings. The SMILES string of the molecule is COC(=O)C1CCCC1C1OC1Cc1ccccc1. The van der Waals surface area contributed by atoms with Crippen molar-refractivity contribution in [2.45, 2.75) is 37.9 Å².